The molecule has 0 saturated heterocycles. The van der Waals surface area contributed by atoms with Crippen LogP contribution in [-0.4, -0.2) is 24.2 Å². The SMILES string of the molecule is Cc1cccc(C(=O)O)c1N1CC=C(C(C)(C)C)CC1. The first kappa shape index (κ1) is 14.6. The Morgan fingerprint density at radius 1 is 1.30 bits per heavy atom. The van der Waals surface area contributed by atoms with Gasteiger partial charge in [-0.15, -0.1) is 0 Å². The zero-order valence-corrected chi connectivity index (χ0v) is 12.7. The Hall–Kier alpha value is -1.77. The second kappa shape index (κ2) is 5.31. The molecular formula is C17H23NO2. The van der Waals surface area contributed by atoms with Crippen molar-refractivity contribution in [2.75, 3.05) is 18.0 Å². The Morgan fingerprint density at radius 2 is 2.00 bits per heavy atom. The number of aryl methyl sites for hydroxylation is 1. The molecule has 1 N–H and O–H groups in total. The Bertz CT molecular complexity index is 553. The Morgan fingerprint density at radius 3 is 2.50 bits per heavy atom. The molecule has 20 heavy (non-hydrogen) atoms. The van der Waals surface area contributed by atoms with Crippen LogP contribution in [0.1, 0.15) is 43.1 Å². The lowest BCUT2D eigenvalue weighted by atomic mass is 9.83. The highest BCUT2D eigenvalue weighted by atomic mass is 16.4. The summed E-state index contributed by atoms with van der Waals surface area (Å²) in [7, 11) is 0. The predicted octanol–water partition coefficient (Wildman–Crippen LogP) is 3.88. The zero-order chi connectivity index (χ0) is 14.9. The van der Waals surface area contributed by atoms with E-state index in [1.807, 2.05) is 19.1 Å². The molecule has 0 radical (unpaired) electrons. The Labute approximate surface area is 120 Å². The molecule has 0 spiro atoms. The monoisotopic (exact) mass is 273 g/mol. The topological polar surface area (TPSA) is 40.5 Å². The molecule has 0 bridgehead atoms. The lowest BCUT2D eigenvalue weighted by molar-refractivity contribution is 0.0697. The van der Waals surface area contributed by atoms with Gasteiger partial charge in [-0.25, -0.2) is 4.79 Å². The summed E-state index contributed by atoms with van der Waals surface area (Å²) < 4.78 is 0. The fraction of sp³-hybridized carbons (Fsp3) is 0.471. The van der Waals surface area contributed by atoms with Gasteiger partial charge in [-0.05, 0) is 30.4 Å². The van der Waals surface area contributed by atoms with Crippen LogP contribution in [0.25, 0.3) is 0 Å². The minimum Gasteiger partial charge on any atom is -0.478 e. The van der Waals surface area contributed by atoms with Crippen LogP contribution in [0.4, 0.5) is 5.69 Å². The summed E-state index contributed by atoms with van der Waals surface area (Å²) in [5.41, 5.74) is 3.95. The molecule has 0 atom stereocenters. The molecule has 1 aliphatic heterocycles. The third kappa shape index (κ3) is 2.87. The molecule has 0 unspecified atom stereocenters. The summed E-state index contributed by atoms with van der Waals surface area (Å²) in [6.45, 7) is 10.3. The van der Waals surface area contributed by atoms with E-state index in [2.05, 4.69) is 31.7 Å². The van der Waals surface area contributed by atoms with Crippen molar-refractivity contribution < 1.29 is 9.90 Å². The molecule has 0 fully saturated rings. The van der Waals surface area contributed by atoms with Gasteiger partial charge >= 0.3 is 5.97 Å². The van der Waals surface area contributed by atoms with Crippen LogP contribution in [0.5, 0.6) is 0 Å². The van der Waals surface area contributed by atoms with Gasteiger partial charge in [-0.1, -0.05) is 44.6 Å². The minimum absolute atomic E-state index is 0.202. The summed E-state index contributed by atoms with van der Waals surface area (Å²) in [6.07, 6.45) is 3.25. The molecule has 108 valence electrons. The van der Waals surface area contributed by atoms with E-state index in [0.717, 1.165) is 30.8 Å². The van der Waals surface area contributed by atoms with E-state index in [0.29, 0.717) is 5.56 Å². The molecule has 1 aromatic carbocycles. The third-order valence-corrected chi connectivity index (χ3v) is 3.96. The van der Waals surface area contributed by atoms with E-state index in [-0.39, 0.29) is 5.41 Å². The van der Waals surface area contributed by atoms with Crippen molar-refractivity contribution >= 4 is 11.7 Å². The van der Waals surface area contributed by atoms with E-state index in [9.17, 15) is 9.90 Å². The van der Waals surface area contributed by atoms with Crippen molar-refractivity contribution in [3.63, 3.8) is 0 Å². The number of hydrogen-bond acceptors (Lipinski definition) is 2. The zero-order valence-electron chi connectivity index (χ0n) is 12.7. The number of nitrogens with zero attached hydrogens (tertiary/aromatic N) is 1. The van der Waals surface area contributed by atoms with Gasteiger partial charge in [0.1, 0.15) is 0 Å². The van der Waals surface area contributed by atoms with E-state index in [4.69, 9.17) is 0 Å². The van der Waals surface area contributed by atoms with Crippen molar-refractivity contribution in [3.8, 4) is 0 Å². The number of para-hydroxylation sites is 1. The van der Waals surface area contributed by atoms with Crippen LogP contribution in [0.2, 0.25) is 0 Å². The average Bonchev–Trinajstić information content (AvgIpc) is 2.37. The summed E-state index contributed by atoms with van der Waals surface area (Å²) in [5.74, 6) is -0.853. The first-order valence-electron chi connectivity index (χ1n) is 7.08. The highest BCUT2D eigenvalue weighted by molar-refractivity contribution is 5.95. The molecule has 0 amide bonds. The summed E-state index contributed by atoms with van der Waals surface area (Å²) in [5, 5.41) is 9.36. The number of anilines is 1. The smallest absolute Gasteiger partial charge is 0.337 e. The van der Waals surface area contributed by atoms with Crippen LogP contribution in [-0.2, 0) is 0 Å². The fourth-order valence-electron chi connectivity index (χ4n) is 2.80. The molecular weight excluding hydrogens is 250 g/mol. The predicted molar refractivity (Wildman–Crippen MR) is 82.5 cm³/mol. The number of carbonyl (C=O) groups is 1. The summed E-state index contributed by atoms with van der Waals surface area (Å²) in [6, 6.07) is 5.47. The molecule has 3 nitrogen and oxygen atoms in total. The number of benzene rings is 1. The Kier molecular flexibility index (Phi) is 3.89. The van der Waals surface area contributed by atoms with Crippen molar-refractivity contribution in [1.29, 1.82) is 0 Å². The standard InChI is InChI=1S/C17H23NO2/c1-12-6-5-7-14(16(19)20)15(12)18-10-8-13(9-11-18)17(2,3)4/h5-8H,9-11H2,1-4H3,(H,19,20). The summed E-state index contributed by atoms with van der Waals surface area (Å²) in [4.78, 5) is 13.6. The number of carboxylic acid groups (broad SMARTS) is 1. The maximum Gasteiger partial charge on any atom is 0.337 e. The molecule has 3 heteroatoms. The lowest BCUT2D eigenvalue weighted by Crippen LogP contribution is -2.32. The van der Waals surface area contributed by atoms with Crippen molar-refractivity contribution in [2.24, 2.45) is 5.41 Å². The maximum absolute atomic E-state index is 11.4. The van der Waals surface area contributed by atoms with Gasteiger partial charge in [0, 0.05) is 13.1 Å². The van der Waals surface area contributed by atoms with Crippen LogP contribution in [0.15, 0.2) is 29.8 Å². The molecule has 2 rings (SSSR count). The van der Waals surface area contributed by atoms with Crippen molar-refractivity contribution in [2.45, 2.75) is 34.1 Å². The average molecular weight is 273 g/mol. The number of aromatic carboxylic acids is 1. The number of hydrogen-bond donors (Lipinski definition) is 1. The minimum atomic E-state index is -0.853. The molecule has 0 aliphatic carbocycles. The van der Waals surface area contributed by atoms with Crippen LogP contribution in [0.3, 0.4) is 0 Å². The number of carboxylic acids is 1. The largest absolute Gasteiger partial charge is 0.478 e. The second-order valence-electron chi connectivity index (χ2n) is 6.45. The van der Waals surface area contributed by atoms with Gasteiger partial charge in [0.2, 0.25) is 0 Å². The van der Waals surface area contributed by atoms with Crippen LogP contribution in [0, 0.1) is 12.3 Å². The van der Waals surface area contributed by atoms with E-state index < -0.39 is 5.97 Å². The van der Waals surface area contributed by atoms with Crippen LogP contribution >= 0.6 is 0 Å². The molecule has 1 aromatic rings. The van der Waals surface area contributed by atoms with Gasteiger partial charge < -0.3 is 10.0 Å². The second-order valence-corrected chi connectivity index (χ2v) is 6.45. The fourth-order valence-corrected chi connectivity index (χ4v) is 2.80. The third-order valence-electron chi connectivity index (χ3n) is 3.96. The first-order valence-corrected chi connectivity index (χ1v) is 7.08. The lowest BCUT2D eigenvalue weighted by Gasteiger charge is -2.34. The van der Waals surface area contributed by atoms with E-state index in [1.165, 1.54) is 5.57 Å². The summed E-state index contributed by atoms with van der Waals surface area (Å²) >= 11 is 0. The maximum atomic E-state index is 11.4. The van der Waals surface area contributed by atoms with E-state index >= 15 is 0 Å². The first-order chi connectivity index (χ1) is 9.30. The quantitative estimate of drug-likeness (QED) is 0.831. The Balaban J connectivity index is 2.32. The van der Waals surface area contributed by atoms with Gasteiger partial charge in [0.25, 0.3) is 0 Å². The molecule has 0 saturated carbocycles. The molecule has 1 heterocycles. The molecule has 1 aliphatic rings. The van der Waals surface area contributed by atoms with Crippen molar-refractivity contribution in [1.82, 2.24) is 0 Å². The van der Waals surface area contributed by atoms with Gasteiger partial charge in [0.15, 0.2) is 0 Å². The van der Waals surface area contributed by atoms with Gasteiger partial charge in [-0.3, -0.25) is 0 Å². The highest BCUT2D eigenvalue weighted by Gasteiger charge is 2.24. The number of rotatable bonds is 2. The van der Waals surface area contributed by atoms with Gasteiger partial charge in [0.05, 0.1) is 11.3 Å². The normalized spacial score (nSPS) is 16.0. The van der Waals surface area contributed by atoms with Gasteiger partial charge in [-0.2, -0.15) is 0 Å². The van der Waals surface area contributed by atoms with Crippen molar-refractivity contribution in [3.05, 3.63) is 41.0 Å². The van der Waals surface area contributed by atoms with E-state index in [1.54, 1.807) is 6.07 Å². The van der Waals surface area contributed by atoms with Crippen LogP contribution < -0.4 is 4.90 Å². The highest BCUT2D eigenvalue weighted by Crippen LogP contribution is 2.33. The molecule has 0 aromatic heterocycles.